The van der Waals surface area contributed by atoms with E-state index in [9.17, 15) is 9.59 Å². The van der Waals surface area contributed by atoms with E-state index >= 15 is 0 Å². The molecule has 1 heterocycles. The van der Waals surface area contributed by atoms with E-state index in [1.54, 1.807) is 25.1 Å². The molecule has 0 aromatic heterocycles. The number of carbonyl (C=O) groups is 2. The number of carbonyl (C=O) groups excluding carboxylic acids is 2. The number of hydrogen-bond acceptors (Lipinski definition) is 3. The first-order valence-electron chi connectivity index (χ1n) is 5.67. The van der Waals surface area contributed by atoms with Crippen LogP contribution in [0.3, 0.4) is 0 Å². The molecule has 0 fully saturated rings. The van der Waals surface area contributed by atoms with Gasteiger partial charge in [0.2, 0.25) is 5.91 Å². The fourth-order valence-corrected chi connectivity index (χ4v) is 1.91. The Morgan fingerprint density at radius 2 is 2.28 bits per heavy atom. The average Bonchev–Trinajstić information content (AvgIpc) is 2.37. The van der Waals surface area contributed by atoms with Gasteiger partial charge in [-0.25, -0.2) is 0 Å². The van der Waals surface area contributed by atoms with E-state index in [4.69, 9.17) is 11.2 Å². The van der Waals surface area contributed by atoms with E-state index in [0.29, 0.717) is 5.69 Å². The van der Waals surface area contributed by atoms with Gasteiger partial charge in [0.15, 0.2) is 6.10 Å². The van der Waals surface area contributed by atoms with Crippen molar-refractivity contribution in [2.45, 2.75) is 25.4 Å². The number of ether oxygens (including phenoxy) is 1. The lowest BCUT2D eigenvalue weighted by Gasteiger charge is -2.24. The van der Waals surface area contributed by atoms with Crippen molar-refractivity contribution in [1.82, 2.24) is 0 Å². The second-order valence-corrected chi connectivity index (χ2v) is 4.14. The molecule has 92 valence electrons. The monoisotopic (exact) mass is 243 g/mol. The summed E-state index contributed by atoms with van der Waals surface area (Å²) in [6, 6.07) is 7.19. The van der Waals surface area contributed by atoms with Crippen LogP contribution >= 0.6 is 0 Å². The molecule has 0 saturated carbocycles. The zero-order chi connectivity index (χ0) is 13.1. The van der Waals surface area contributed by atoms with E-state index in [0.717, 1.165) is 5.56 Å². The van der Waals surface area contributed by atoms with Crippen molar-refractivity contribution in [3.8, 4) is 12.3 Å². The van der Waals surface area contributed by atoms with Gasteiger partial charge in [0.25, 0.3) is 0 Å². The van der Waals surface area contributed by atoms with Crippen molar-refractivity contribution in [2.24, 2.45) is 0 Å². The van der Waals surface area contributed by atoms with Gasteiger partial charge in [-0.1, -0.05) is 24.1 Å². The molecule has 4 nitrogen and oxygen atoms in total. The van der Waals surface area contributed by atoms with Crippen LogP contribution in [0.2, 0.25) is 0 Å². The number of terminal acetylenes is 1. The number of fused-ring (bicyclic) bond motifs is 1. The number of nitrogens with one attached hydrogen (secondary N) is 1. The van der Waals surface area contributed by atoms with Gasteiger partial charge in [-0.05, 0) is 18.6 Å². The van der Waals surface area contributed by atoms with Crippen molar-refractivity contribution in [1.29, 1.82) is 0 Å². The van der Waals surface area contributed by atoms with Gasteiger partial charge in [-0.15, -0.1) is 6.42 Å². The maximum Gasteiger partial charge on any atom is 0.315 e. The molecule has 2 rings (SSSR count). The number of amides is 1. The van der Waals surface area contributed by atoms with Crippen LogP contribution in [0.5, 0.6) is 0 Å². The van der Waals surface area contributed by atoms with Gasteiger partial charge in [-0.2, -0.15) is 0 Å². The molecular weight excluding hydrogens is 230 g/mol. The third-order valence-corrected chi connectivity index (χ3v) is 2.81. The Kier molecular flexibility index (Phi) is 3.33. The number of para-hydroxylation sites is 1. The van der Waals surface area contributed by atoms with E-state index in [-0.39, 0.29) is 12.3 Å². The van der Waals surface area contributed by atoms with Crippen LogP contribution in [0.1, 0.15) is 24.8 Å². The van der Waals surface area contributed by atoms with Gasteiger partial charge in [-0.3, -0.25) is 9.59 Å². The van der Waals surface area contributed by atoms with Crippen LogP contribution in [-0.2, 0) is 14.3 Å². The summed E-state index contributed by atoms with van der Waals surface area (Å²) < 4.78 is 5.09. The molecule has 0 saturated heterocycles. The summed E-state index contributed by atoms with van der Waals surface area (Å²) in [4.78, 5) is 23.5. The summed E-state index contributed by atoms with van der Waals surface area (Å²) >= 11 is 0. The van der Waals surface area contributed by atoms with E-state index in [1.165, 1.54) is 0 Å². The summed E-state index contributed by atoms with van der Waals surface area (Å²) in [7, 11) is 0. The fraction of sp³-hybridized carbons (Fsp3) is 0.286. The molecule has 0 aliphatic carbocycles. The highest BCUT2D eigenvalue weighted by Gasteiger charge is 2.32. The van der Waals surface area contributed by atoms with Crippen molar-refractivity contribution < 1.29 is 14.3 Å². The summed E-state index contributed by atoms with van der Waals surface area (Å²) in [5, 5.41) is 2.73. The highest BCUT2D eigenvalue weighted by atomic mass is 16.5. The molecule has 1 N–H and O–H groups in total. The predicted octanol–water partition coefficient (Wildman–Crippen LogP) is 1.68. The van der Waals surface area contributed by atoms with Gasteiger partial charge < -0.3 is 10.1 Å². The second-order valence-electron chi connectivity index (χ2n) is 4.14. The summed E-state index contributed by atoms with van der Waals surface area (Å²) in [5.74, 6) is 1.10. The Hall–Kier alpha value is -2.28. The molecule has 1 aliphatic heterocycles. The lowest BCUT2D eigenvalue weighted by molar-refractivity contribution is -0.149. The number of hydrogen-bond donors (Lipinski definition) is 1. The largest absolute Gasteiger partial charge is 0.449 e. The summed E-state index contributed by atoms with van der Waals surface area (Å²) in [6.07, 6.45) is 4.67. The maximum atomic E-state index is 12.0. The molecule has 1 aliphatic rings. The molecule has 4 heteroatoms. The quantitative estimate of drug-likeness (QED) is 0.635. The Morgan fingerprint density at radius 3 is 3.00 bits per heavy atom. The van der Waals surface area contributed by atoms with Gasteiger partial charge in [0.05, 0.1) is 5.92 Å². The standard InChI is InChI=1S/C14H13NO3/c1-3-9(2)18-14(17)11-8-13(16)15-12-7-5-4-6-10(11)12/h1,4-7,9,11H,8H2,2H3,(H,15,16)/t9-,11+/m1/s1. The van der Waals surface area contributed by atoms with Crippen molar-refractivity contribution in [3.63, 3.8) is 0 Å². The first-order valence-corrected chi connectivity index (χ1v) is 5.67. The summed E-state index contributed by atoms with van der Waals surface area (Å²) in [6.45, 7) is 1.62. The molecule has 0 bridgehead atoms. The lowest BCUT2D eigenvalue weighted by Crippen LogP contribution is -2.29. The van der Waals surface area contributed by atoms with Crippen molar-refractivity contribution in [3.05, 3.63) is 29.8 Å². The van der Waals surface area contributed by atoms with Crippen LogP contribution < -0.4 is 5.32 Å². The number of benzene rings is 1. The molecule has 1 aromatic rings. The van der Waals surface area contributed by atoms with E-state index < -0.39 is 18.0 Å². The van der Waals surface area contributed by atoms with Crippen LogP contribution in [0.15, 0.2) is 24.3 Å². The average molecular weight is 243 g/mol. The minimum Gasteiger partial charge on any atom is -0.449 e. The van der Waals surface area contributed by atoms with Gasteiger partial charge >= 0.3 is 5.97 Å². The fourth-order valence-electron chi connectivity index (χ4n) is 1.91. The third-order valence-electron chi connectivity index (χ3n) is 2.81. The number of esters is 1. The molecule has 0 spiro atoms. The highest BCUT2D eigenvalue weighted by Crippen LogP contribution is 2.32. The molecule has 18 heavy (non-hydrogen) atoms. The van der Waals surface area contributed by atoms with Crippen LogP contribution in [0, 0.1) is 12.3 Å². The van der Waals surface area contributed by atoms with Gasteiger partial charge in [0.1, 0.15) is 0 Å². The molecule has 1 amide bonds. The normalized spacial score (nSPS) is 19.1. The Labute approximate surface area is 105 Å². The summed E-state index contributed by atoms with van der Waals surface area (Å²) in [5.41, 5.74) is 1.43. The second kappa shape index (κ2) is 4.92. The molecular formula is C14H13NO3. The minimum atomic E-state index is -0.588. The number of rotatable bonds is 2. The molecule has 2 atom stereocenters. The first kappa shape index (κ1) is 12.2. The SMILES string of the molecule is C#C[C@@H](C)OC(=O)[C@H]1CC(=O)Nc2ccccc21. The van der Waals surface area contributed by atoms with E-state index in [2.05, 4.69) is 11.2 Å². The first-order chi connectivity index (χ1) is 8.61. The number of anilines is 1. The minimum absolute atomic E-state index is 0.0904. The van der Waals surface area contributed by atoms with Crippen LogP contribution in [0.4, 0.5) is 5.69 Å². The molecule has 0 radical (unpaired) electrons. The molecule has 1 aromatic carbocycles. The predicted molar refractivity (Wildman–Crippen MR) is 66.8 cm³/mol. The molecule has 0 unspecified atom stereocenters. The maximum absolute atomic E-state index is 12.0. The Bertz CT molecular complexity index is 530. The highest BCUT2D eigenvalue weighted by molar-refractivity contribution is 5.99. The topological polar surface area (TPSA) is 55.4 Å². The van der Waals surface area contributed by atoms with Crippen molar-refractivity contribution >= 4 is 17.6 Å². The van der Waals surface area contributed by atoms with Gasteiger partial charge in [0, 0.05) is 12.1 Å². The third kappa shape index (κ3) is 2.35. The van der Waals surface area contributed by atoms with Crippen molar-refractivity contribution in [2.75, 3.05) is 5.32 Å². The Morgan fingerprint density at radius 1 is 1.56 bits per heavy atom. The Balaban J connectivity index is 2.26. The van der Waals surface area contributed by atoms with Crippen LogP contribution in [-0.4, -0.2) is 18.0 Å². The van der Waals surface area contributed by atoms with Crippen LogP contribution in [0.25, 0.3) is 0 Å². The zero-order valence-electron chi connectivity index (χ0n) is 9.97. The van der Waals surface area contributed by atoms with E-state index in [1.807, 2.05) is 6.07 Å². The smallest absolute Gasteiger partial charge is 0.315 e. The lowest BCUT2D eigenvalue weighted by atomic mass is 9.90. The zero-order valence-corrected chi connectivity index (χ0v) is 9.97.